The highest BCUT2D eigenvalue weighted by Gasteiger charge is 2.22. The number of benzene rings is 2. The second kappa shape index (κ2) is 7.70. The fourth-order valence-corrected chi connectivity index (χ4v) is 2.60. The third-order valence-corrected chi connectivity index (χ3v) is 4.04. The van der Waals surface area contributed by atoms with E-state index in [-0.39, 0.29) is 5.91 Å². The van der Waals surface area contributed by atoms with E-state index in [0.29, 0.717) is 18.0 Å². The molecule has 0 saturated heterocycles. The summed E-state index contributed by atoms with van der Waals surface area (Å²) in [5.74, 6) is -0.161. The molecule has 7 heteroatoms. The van der Waals surface area contributed by atoms with Gasteiger partial charge in [0.25, 0.3) is 0 Å². The second-order valence-corrected chi connectivity index (χ2v) is 5.71. The number of tetrazole rings is 1. The molecule has 1 atom stereocenters. The van der Waals surface area contributed by atoms with Crippen LogP contribution < -0.4 is 5.32 Å². The Morgan fingerprint density at radius 1 is 1.12 bits per heavy atom. The van der Waals surface area contributed by atoms with Crippen molar-refractivity contribution >= 4 is 17.5 Å². The molecule has 3 aromatic rings. The average molecular weight is 342 g/mol. The van der Waals surface area contributed by atoms with Crippen molar-refractivity contribution in [1.29, 1.82) is 0 Å². The highest BCUT2D eigenvalue weighted by molar-refractivity contribution is 6.31. The summed E-state index contributed by atoms with van der Waals surface area (Å²) in [6, 6.07) is 16.6. The Bertz CT molecular complexity index is 792. The SMILES string of the molecule is O=C(NCc1ccccc1Cl)[C@@H](Cc1ccccc1)n1cnnn1. The van der Waals surface area contributed by atoms with Crippen LogP contribution in [0.1, 0.15) is 17.2 Å². The molecular formula is C17H16ClN5O. The van der Waals surface area contributed by atoms with E-state index in [1.54, 1.807) is 6.07 Å². The van der Waals surface area contributed by atoms with Gasteiger partial charge in [0.1, 0.15) is 12.4 Å². The lowest BCUT2D eigenvalue weighted by atomic mass is 10.1. The lowest BCUT2D eigenvalue weighted by molar-refractivity contribution is -0.124. The summed E-state index contributed by atoms with van der Waals surface area (Å²) < 4.78 is 1.47. The van der Waals surface area contributed by atoms with Gasteiger partial charge in [-0.05, 0) is 27.6 Å². The first-order valence-electron chi connectivity index (χ1n) is 7.51. The molecule has 1 amide bonds. The summed E-state index contributed by atoms with van der Waals surface area (Å²) in [7, 11) is 0. The van der Waals surface area contributed by atoms with Crippen LogP contribution in [0.2, 0.25) is 5.02 Å². The fraction of sp³-hybridized carbons (Fsp3) is 0.176. The van der Waals surface area contributed by atoms with E-state index in [0.717, 1.165) is 11.1 Å². The maximum absolute atomic E-state index is 12.7. The molecule has 122 valence electrons. The summed E-state index contributed by atoms with van der Waals surface area (Å²) in [6.45, 7) is 0.353. The summed E-state index contributed by atoms with van der Waals surface area (Å²) in [5.41, 5.74) is 1.90. The Balaban J connectivity index is 1.73. The first-order chi connectivity index (χ1) is 11.7. The highest BCUT2D eigenvalue weighted by atomic mass is 35.5. The van der Waals surface area contributed by atoms with Crippen molar-refractivity contribution in [2.75, 3.05) is 0 Å². The van der Waals surface area contributed by atoms with Gasteiger partial charge in [0, 0.05) is 18.0 Å². The van der Waals surface area contributed by atoms with Gasteiger partial charge < -0.3 is 5.32 Å². The zero-order valence-corrected chi connectivity index (χ0v) is 13.6. The third-order valence-electron chi connectivity index (χ3n) is 3.67. The van der Waals surface area contributed by atoms with Crippen molar-refractivity contribution < 1.29 is 4.79 Å². The maximum atomic E-state index is 12.7. The molecule has 6 nitrogen and oxygen atoms in total. The van der Waals surface area contributed by atoms with E-state index in [9.17, 15) is 4.79 Å². The summed E-state index contributed by atoms with van der Waals surface area (Å²) in [5, 5.41) is 14.7. The van der Waals surface area contributed by atoms with Gasteiger partial charge >= 0.3 is 0 Å². The van der Waals surface area contributed by atoms with E-state index in [2.05, 4.69) is 20.8 Å². The standard InChI is InChI=1S/C17H16ClN5O/c18-15-9-5-4-8-14(15)11-19-17(24)16(23-12-20-21-22-23)10-13-6-2-1-3-7-13/h1-9,12,16H,10-11H2,(H,19,24)/t16-/m1/s1. The van der Waals surface area contributed by atoms with Crippen LogP contribution in [0.4, 0.5) is 0 Å². The monoisotopic (exact) mass is 341 g/mol. The molecule has 0 aliphatic heterocycles. The van der Waals surface area contributed by atoms with Gasteiger partial charge in [-0.3, -0.25) is 4.79 Å². The zero-order chi connectivity index (χ0) is 16.8. The molecule has 24 heavy (non-hydrogen) atoms. The van der Waals surface area contributed by atoms with Crippen molar-refractivity contribution in [3.05, 3.63) is 77.1 Å². The van der Waals surface area contributed by atoms with E-state index >= 15 is 0 Å². The van der Waals surface area contributed by atoms with Crippen molar-refractivity contribution in [1.82, 2.24) is 25.5 Å². The van der Waals surface area contributed by atoms with E-state index in [1.807, 2.05) is 48.5 Å². The number of amides is 1. The molecule has 0 saturated carbocycles. The van der Waals surface area contributed by atoms with Crippen LogP contribution in [0.25, 0.3) is 0 Å². The number of hydrogen-bond acceptors (Lipinski definition) is 4. The molecule has 1 aromatic heterocycles. The van der Waals surface area contributed by atoms with E-state index < -0.39 is 6.04 Å². The smallest absolute Gasteiger partial charge is 0.245 e. The molecular weight excluding hydrogens is 326 g/mol. The van der Waals surface area contributed by atoms with Gasteiger partial charge in [0.05, 0.1) is 0 Å². The summed E-state index contributed by atoms with van der Waals surface area (Å²) in [4.78, 5) is 12.7. The topological polar surface area (TPSA) is 72.7 Å². The van der Waals surface area contributed by atoms with Crippen LogP contribution in [-0.2, 0) is 17.8 Å². The largest absolute Gasteiger partial charge is 0.350 e. The molecule has 0 bridgehead atoms. The number of nitrogens with one attached hydrogen (secondary N) is 1. The number of rotatable bonds is 6. The minimum atomic E-state index is -0.523. The zero-order valence-electron chi connectivity index (χ0n) is 12.8. The molecule has 3 rings (SSSR count). The van der Waals surface area contributed by atoms with Crippen molar-refractivity contribution in [2.45, 2.75) is 19.0 Å². The van der Waals surface area contributed by atoms with Gasteiger partial charge in [0.15, 0.2) is 0 Å². The number of aromatic nitrogens is 4. The molecule has 0 aliphatic carbocycles. The van der Waals surface area contributed by atoms with Crippen LogP contribution in [-0.4, -0.2) is 26.1 Å². The van der Waals surface area contributed by atoms with Crippen molar-refractivity contribution in [3.63, 3.8) is 0 Å². The van der Waals surface area contributed by atoms with Crippen molar-refractivity contribution in [3.8, 4) is 0 Å². The predicted octanol–water partition coefficient (Wildman–Crippen LogP) is 2.43. The molecule has 2 aromatic carbocycles. The minimum Gasteiger partial charge on any atom is -0.350 e. The molecule has 0 unspecified atom stereocenters. The third kappa shape index (κ3) is 3.97. The Hall–Kier alpha value is -2.73. The Morgan fingerprint density at radius 2 is 1.88 bits per heavy atom. The molecule has 0 aliphatic rings. The van der Waals surface area contributed by atoms with Crippen LogP contribution >= 0.6 is 11.6 Å². The normalized spacial score (nSPS) is 11.9. The first kappa shape index (κ1) is 16.1. The number of carbonyl (C=O) groups is 1. The van der Waals surface area contributed by atoms with Crippen LogP contribution in [0, 0.1) is 0 Å². The van der Waals surface area contributed by atoms with Gasteiger partial charge in [-0.2, -0.15) is 0 Å². The molecule has 1 heterocycles. The van der Waals surface area contributed by atoms with Crippen LogP contribution in [0.3, 0.4) is 0 Å². The Kier molecular flexibility index (Phi) is 5.18. The molecule has 0 radical (unpaired) electrons. The maximum Gasteiger partial charge on any atom is 0.245 e. The Labute approximate surface area is 144 Å². The molecule has 0 spiro atoms. The molecule has 0 fully saturated rings. The summed E-state index contributed by atoms with van der Waals surface area (Å²) >= 11 is 6.13. The lowest BCUT2D eigenvalue weighted by Gasteiger charge is -2.16. The van der Waals surface area contributed by atoms with Crippen LogP contribution in [0.15, 0.2) is 60.9 Å². The van der Waals surface area contributed by atoms with E-state index in [4.69, 9.17) is 11.6 Å². The fourth-order valence-electron chi connectivity index (χ4n) is 2.40. The van der Waals surface area contributed by atoms with Gasteiger partial charge in [-0.15, -0.1) is 5.10 Å². The van der Waals surface area contributed by atoms with Crippen LogP contribution in [0.5, 0.6) is 0 Å². The first-order valence-corrected chi connectivity index (χ1v) is 7.89. The molecule has 1 N–H and O–H groups in total. The predicted molar refractivity (Wildman–Crippen MR) is 90.3 cm³/mol. The Morgan fingerprint density at radius 3 is 2.58 bits per heavy atom. The highest BCUT2D eigenvalue weighted by Crippen LogP contribution is 2.16. The lowest BCUT2D eigenvalue weighted by Crippen LogP contribution is -2.34. The van der Waals surface area contributed by atoms with Crippen molar-refractivity contribution in [2.24, 2.45) is 0 Å². The average Bonchev–Trinajstić information content (AvgIpc) is 3.14. The quantitative estimate of drug-likeness (QED) is 0.747. The number of halogens is 1. The second-order valence-electron chi connectivity index (χ2n) is 5.30. The van der Waals surface area contributed by atoms with Gasteiger partial charge in [-0.1, -0.05) is 60.1 Å². The number of carbonyl (C=O) groups excluding carboxylic acids is 1. The van der Waals surface area contributed by atoms with E-state index in [1.165, 1.54) is 11.0 Å². The minimum absolute atomic E-state index is 0.161. The van der Waals surface area contributed by atoms with Gasteiger partial charge in [-0.25, -0.2) is 4.68 Å². The van der Waals surface area contributed by atoms with Gasteiger partial charge in [0.2, 0.25) is 5.91 Å². The number of nitrogens with zero attached hydrogens (tertiary/aromatic N) is 4. The summed E-state index contributed by atoms with van der Waals surface area (Å²) in [6.07, 6.45) is 1.95. The number of hydrogen-bond donors (Lipinski definition) is 1.